The van der Waals surface area contributed by atoms with Crippen LogP contribution in [0.4, 0.5) is 0 Å². The molecule has 2 unspecified atom stereocenters. The van der Waals surface area contributed by atoms with E-state index in [1.165, 1.54) is 0 Å². The number of hydrogen-bond donors (Lipinski definition) is 0. The largest absolute Gasteiger partial charge is 0.464 e. The Morgan fingerprint density at radius 3 is 2.68 bits per heavy atom. The van der Waals surface area contributed by atoms with Crippen LogP contribution >= 0.6 is 23.4 Å². The Labute approximate surface area is 159 Å². The van der Waals surface area contributed by atoms with Crippen LogP contribution in [0.3, 0.4) is 0 Å². The summed E-state index contributed by atoms with van der Waals surface area (Å²) in [6.07, 6.45) is 4.93. The number of benzene rings is 1. The Kier molecular flexibility index (Phi) is 8.10. The third-order valence-electron chi connectivity index (χ3n) is 4.21. The van der Waals surface area contributed by atoms with Gasteiger partial charge in [-0.15, -0.1) is 11.8 Å². The summed E-state index contributed by atoms with van der Waals surface area (Å²) >= 11 is 7.87. The minimum atomic E-state index is -0.535. The molecule has 0 aromatic heterocycles. The van der Waals surface area contributed by atoms with Crippen LogP contribution in [0.15, 0.2) is 24.3 Å². The van der Waals surface area contributed by atoms with Crippen LogP contribution in [0.1, 0.15) is 56.3 Å². The van der Waals surface area contributed by atoms with Crippen molar-refractivity contribution < 1.29 is 14.3 Å². The fourth-order valence-corrected chi connectivity index (χ4v) is 4.54. The highest BCUT2D eigenvalue weighted by atomic mass is 35.5. The second-order valence-corrected chi connectivity index (χ2v) is 7.78. The van der Waals surface area contributed by atoms with Gasteiger partial charge in [0.25, 0.3) is 5.91 Å². The predicted octanol–water partition coefficient (Wildman–Crippen LogP) is 4.76. The Bertz CT molecular complexity index is 596. The number of hydrogen-bond acceptors (Lipinski definition) is 4. The lowest BCUT2D eigenvalue weighted by molar-refractivity contribution is -0.148. The van der Waals surface area contributed by atoms with Crippen molar-refractivity contribution in [3.63, 3.8) is 0 Å². The van der Waals surface area contributed by atoms with Crippen LogP contribution in [0.5, 0.6) is 0 Å². The van der Waals surface area contributed by atoms with Crippen LogP contribution in [-0.2, 0) is 9.53 Å². The molecule has 0 spiro atoms. The summed E-state index contributed by atoms with van der Waals surface area (Å²) in [6, 6.07) is 6.47. The second-order valence-electron chi connectivity index (χ2n) is 6.16. The zero-order chi connectivity index (χ0) is 18.2. The van der Waals surface area contributed by atoms with E-state index in [-0.39, 0.29) is 17.3 Å². The second kappa shape index (κ2) is 10.1. The third-order valence-corrected chi connectivity index (χ3v) is 5.89. The lowest BCUT2D eigenvalue weighted by atomic mass is 10.1. The zero-order valence-corrected chi connectivity index (χ0v) is 16.4. The predicted molar refractivity (Wildman–Crippen MR) is 103 cm³/mol. The lowest BCUT2D eigenvalue weighted by Gasteiger charge is -2.28. The van der Waals surface area contributed by atoms with E-state index in [0.717, 1.165) is 32.1 Å². The van der Waals surface area contributed by atoms with Crippen molar-refractivity contribution in [1.82, 2.24) is 4.90 Å². The number of carbonyl (C=O) groups is 2. The molecule has 6 heteroatoms. The van der Waals surface area contributed by atoms with Gasteiger partial charge < -0.3 is 9.64 Å². The molecule has 1 saturated heterocycles. The molecule has 1 fully saturated rings. The topological polar surface area (TPSA) is 46.6 Å². The minimum absolute atomic E-state index is 0.00509. The zero-order valence-electron chi connectivity index (χ0n) is 14.9. The van der Waals surface area contributed by atoms with Gasteiger partial charge in [0.15, 0.2) is 0 Å². The van der Waals surface area contributed by atoms with Crippen molar-refractivity contribution >= 4 is 35.2 Å². The summed E-state index contributed by atoms with van der Waals surface area (Å²) < 4.78 is 5.32. The van der Waals surface area contributed by atoms with Crippen molar-refractivity contribution in [2.75, 3.05) is 12.4 Å². The van der Waals surface area contributed by atoms with E-state index >= 15 is 0 Å². The maximum atomic E-state index is 13.1. The Balaban J connectivity index is 2.21. The average molecular weight is 384 g/mol. The molecule has 0 aliphatic carbocycles. The Morgan fingerprint density at radius 2 is 2.00 bits per heavy atom. The van der Waals surface area contributed by atoms with Crippen molar-refractivity contribution in [2.24, 2.45) is 0 Å². The molecule has 4 nitrogen and oxygen atoms in total. The van der Waals surface area contributed by atoms with Crippen LogP contribution in [0.2, 0.25) is 5.02 Å². The lowest BCUT2D eigenvalue weighted by Crippen LogP contribution is -2.46. The molecule has 1 aromatic rings. The molecule has 0 radical (unpaired) electrons. The molecule has 0 N–H and O–H groups in total. The van der Waals surface area contributed by atoms with E-state index in [1.54, 1.807) is 40.9 Å². The van der Waals surface area contributed by atoms with Gasteiger partial charge in [-0.3, -0.25) is 4.79 Å². The molecule has 1 aromatic carbocycles. The van der Waals surface area contributed by atoms with Gasteiger partial charge >= 0.3 is 5.97 Å². The normalized spacial score (nSPS) is 19.9. The first-order chi connectivity index (χ1) is 12.1. The number of nitrogens with zero attached hydrogens (tertiary/aromatic N) is 1. The van der Waals surface area contributed by atoms with Crippen LogP contribution in [0, 0.1) is 0 Å². The third kappa shape index (κ3) is 5.14. The summed E-state index contributed by atoms with van der Waals surface area (Å²) in [5, 5.41) is 0.409. The van der Waals surface area contributed by atoms with Gasteiger partial charge in [0, 0.05) is 5.75 Å². The number of carbonyl (C=O) groups excluding carboxylic acids is 2. The van der Waals surface area contributed by atoms with Crippen LogP contribution in [-0.4, -0.2) is 40.6 Å². The average Bonchev–Trinajstić information content (AvgIpc) is 3.03. The van der Waals surface area contributed by atoms with E-state index < -0.39 is 6.04 Å². The van der Waals surface area contributed by atoms with E-state index in [9.17, 15) is 9.59 Å². The molecule has 0 bridgehead atoms. The number of rotatable bonds is 8. The first-order valence-electron chi connectivity index (χ1n) is 8.95. The van der Waals surface area contributed by atoms with Gasteiger partial charge in [-0.2, -0.15) is 0 Å². The van der Waals surface area contributed by atoms with E-state index in [4.69, 9.17) is 16.3 Å². The van der Waals surface area contributed by atoms with Gasteiger partial charge in [0.2, 0.25) is 0 Å². The summed E-state index contributed by atoms with van der Waals surface area (Å²) in [5.74, 6) is 0.0819. The number of amides is 1. The number of ether oxygens (including phenoxy) is 1. The Morgan fingerprint density at radius 1 is 1.24 bits per heavy atom. The molecule has 138 valence electrons. The van der Waals surface area contributed by atoms with Crippen molar-refractivity contribution in [3.05, 3.63) is 34.9 Å². The van der Waals surface area contributed by atoms with Gasteiger partial charge in [0.1, 0.15) is 6.04 Å². The number of halogens is 1. The molecule has 1 amide bonds. The molecular weight excluding hydrogens is 358 g/mol. The first-order valence-corrected chi connectivity index (χ1v) is 10.4. The van der Waals surface area contributed by atoms with Gasteiger partial charge in [-0.1, -0.05) is 56.8 Å². The van der Waals surface area contributed by atoms with Crippen molar-refractivity contribution in [2.45, 2.75) is 57.4 Å². The minimum Gasteiger partial charge on any atom is -0.464 e. The number of esters is 1. The van der Waals surface area contributed by atoms with E-state index in [0.29, 0.717) is 22.9 Å². The SMILES string of the molecule is CCCCCC1SCC(C(=O)OCCC)N1C(=O)c1ccccc1Cl. The maximum Gasteiger partial charge on any atom is 0.329 e. The van der Waals surface area contributed by atoms with Crippen LogP contribution < -0.4 is 0 Å². The number of unbranched alkanes of at least 4 members (excludes halogenated alkanes) is 2. The number of thioether (sulfide) groups is 1. The standard InChI is InChI=1S/C19H26ClNO3S/c1-3-5-6-11-17-21(16(13-25-17)19(23)24-12-4-2)18(22)14-9-7-8-10-15(14)20/h7-10,16-17H,3-6,11-13H2,1-2H3. The Hall–Kier alpha value is -1.20. The van der Waals surface area contributed by atoms with Gasteiger partial charge in [0.05, 0.1) is 22.6 Å². The monoisotopic (exact) mass is 383 g/mol. The molecule has 2 rings (SSSR count). The van der Waals surface area contributed by atoms with Gasteiger partial charge in [-0.25, -0.2) is 4.79 Å². The molecular formula is C19H26ClNO3S. The smallest absolute Gasteiger partial charge is 0.329 e. The summed E-state index contributed by atoms with van der Waals surface area (Å²) in [4.78, 5) is 27.3. The molecule has 1 aliphatic rings. The first kappa shape index (κ1) is 20.1. The van der Waals surface area contributed by atoms with Crippen LogP contribution in [0.25, 0.3) is 0 Å². The summed E-state index contributed by atoms with van der Waals surface area (Å²) in [5.41, 5.74) is 0.445. The van der Waals surface area contributed by atoms with E-state index in [1.807, 2.05) is 6.92 Å². The highest BCUT2D eigenvalue weighted by molar-refractivity contribution is 8.00. The fraction of sp³-hybridized carbons (Fsp3) is 0.579. The van der Waals surface area contributed by atoms with Crippen molar-refractivity contribution in [1.29, 1.82) is 0 Å². The van der Waals surface area contributed by atoms with Crippen molar-refractivity contribution in [3.8, 4) is 0 Å². The van der Waals surface area contributed by atoms with E-state index in [2.05, 4.69) is 6.92 Å². The quantitative estimate of drug-likeness (QED) is 0.479. The molecule has 2 atom stereocenters. The summed E-state index contributed by atoms with van der Waals surface area (Å²) in [6.45, 7) is 4.49. The maximum absolute atomic E-state index is 13.1. The molecule has 1 aliphatic heterocycles. The molecule has 1 heterocycles. The molecule has 25 heavy (non-hydrogen) atoms. The van der Waals surface area contributed by atoms with Gasteiger partial charge in [-0.05, 0) is 25.0 Å². The fourth-order valence-electron chi connectivity index (χ4n) is 2.88. The summed E-state index contributed by atoms with van der Waals surface area (Å²) in [7, 11) is 0. The molecule has 0 saturated carbocycles. The highest BCUT2D eigenvalue weighted by Crippen LogP contribution is 2.35. The highest BCUT2D eigenvalue weighted by Gasteiger charge is 2.42.